The fourth-order valence-electron chi connectivity index (χ4n) is 2.79. The first-order valence-corrected chi connectivity index (χ1v) is 7.43. The van der Waals surface area contributed by atoms with Gasteiger partial charge in [0, 0.05) is 45.5 Å². The minimum Gasteiger partial charge on any atom is -0.361 e. The average Bonchev–Trinajstić information content (AvgIpc) is 3.00. The summed E-state index contributed by atoms with van der Waals surface area (Å²) in [6.07, 6.45) is 7.57. The molecule has 0 aromatic carbocycles. The number of fused-ring (bicyclic) bond motifs is 1. The van der Waals surface area contributed by atoms with Crippen LogP contribution in [0.4, 0.5) is 0 Å². The topological polar surface area (TPSA) is 47.8 Å². The van der Waals surface area contributed by atoms with Crippen LogP contribution in [0.5, 0.6) is 0 Å². The van der Waals surface area contributed by atoms with Crippen LogP contribution in [-0.2, 0) is 6.42 Å². The first-order valence-electron chi connectivity index (χ1n) is 7.43. The second-order valence-electron chi connectivity index (χ2n) is 5.82. The molecule has 1 N–H and O–H groups in total. The molecule has 114 valence electrons. The minimum atomic E-state index is 0.937. The largest absolute Gasteiger partial charge is 0.361 e. The molecule has 1 aromatic rings. The minimum absolute atomic E-state index is 0.937. The number of nitrogens with one attached hydrogen (secondary N) is 1. The second kappa shape index (κ2) is 5.71. The van der Waals surface area contributed by atoms with Gasteiger partial charge in [0.05, 0.1) is 23.8 Å². The SMILES string of the molecule is Cc1cc(CCCCN2C=C3NN(C)C=C3N(C)C2)on1. The quantitative estimate of drug-likeness (QED) is 0.832. The zero-order valence-electron chi connectivity index (χ0n) is 13.0. The van der Waals surface area contributed by atoms with Crippen molar-refractivity contribution in [3.05, 3.63) is 41.3 Å². The summed E-state index contributed by atoms with van der Waals surface area (Å²) in [4.78, 5) is 4.62. The molecule has 0 aliphatic carbocycles. The molecule has 6 heteroatoms. The maximum atomic E-state index is 5.24. The molecule has 3 heterocycles. The van der Waals surface area contributed by atoms with E-state index in [9.17, 15) is 0 Å². The van der Waals surface area contributed by atoms with Gasteiger partial charge in [-0.25, -0.2) is 0 Å². The highest BCUT2D eigenvalue weighted by atomic mass is 16.5. The Kier molecular flexibility index (Phi) is 3.77. The lowest BCUT2D eigenvalue weighted by molar-refractivity contribution is 0.220. The van der Waals surface area contributed by atoms with Crippen LogP contribution >= 0.6 is 0 Å². The number of aromatic nitrogens is 1. The highest BCUT2D eigenvalue weighted by Gasteiger charge is 2.24. The van der Waals surface area contributed by atoms with E-state index in [0.717, 1.165) is 43.9 Å². The molecule has 0 saturated heterocycles. The van der Waals surface area contributed by atoms with E-state index >= 15 is 0 Å². The summed E-state index contributed by atoms with van der Waals surface area (Å²) in [5, 5.41) is 5.91. The van der Waals surface area contributed by atoms with Crippen LogP contribution in [0.15, 0.2) is 34.4 Å². The summed E-state index contributed by atoms with van der Waals surface area (Å²) in [6, 6.07) is 2.02. The lowest BCUT2D eigenvalue weighted by atomic mass is 10.2. The van der Waals surface area contributed by atoms with Gasteiger partial charge in [-0.15, -0.1) is 0 Å². The van der Waals surface area contributed by atoms with Gasteiger partial charge in [0.2, 0.25) is 0 Å². The third kappa shape index (κ3) is 3.15. The molecule has 21 heavy (non-hydrogen) atoms. The summed E-state index contributed by atoms with van der Waals surface area (Å²) >= 11 is 0. The summed E-state index contributed by atoms with van der Waals surface area (Å²) < 4.78 is 5.24. The van der Waals surface area contributed by atoms with E-state index in [0.29, 0.717) is 0 Å². The van der Waals surface area contributed by atoms with Crippen molar-refractivity contribution in [1.29, 1.82) is 0 Å². The van der Waals surface area contributed by atoms with E-state index in [1.54, 1.807) is 0 Å². The van der Waals surface area contributed by atoms with Crippen LogP contribution in [0.1, 0.15) is 24.3 Å². The van der Waals surface area contributed by atoms with Crippen LogP contribution in [0.25, 0.3) is 0 Å². The Morgan fingerprint density at radius 3 is 2.90 bits per heavy atom. The first kappa shape index (κ1) is 13.9. The molecule has 3 rings (SSSR count). The summed E-state index contributed by atoms with van der Waals surface area (Å²) in [7, 11) is 4.15. The third-order valence-electron chi connectivity index (χ3n) is 3.80. The normalized spacial score (nSPS) is 17.6. The van der Waals surface area contributed by atoms with Crippen molar-refractivity contribution in [2.75, 3.05) is 27.3 Å². The Labute approximate surface area is 125 Å². The second-order valence-corrected chi connectivity index (χ2v) is 5.82. The molecule has 0 bridgehead atoms. The number of hydrogen-bond donors (Lipinski definition) is 1. The predicted molar refractivity (Wildman–Crippen MR) is 80.6 cm³/mol. The van der Waals surface area contributed by atoms with Crippen LogP contribution < -0.4 is 5.43 Å². The summed E-state index contributed by atoms with van der Waals surface area (Å²) in [6.45, 7) is 3.95. The van der Waals surface area contributed by atoms with Crippen molar-refractivity contribution in [1.82, 2.24) is 25.4 Å². The molecule has 6 nitrogen and oxygen atoms in total. The van der Waals surface area contributed by atoms with Crippen molar-refractivity contribution in [3.8, 4) is 0 Å². The maximum absolute atomic E-state index is 5.24. The van der Waals surface area contributed by atoms with Gasteiger partial charge in [0.1, 0.15) is 5.76 Å². The molecular weight excluding hydrogens is 266 g/mol. The van der Waals surface area contributed by atoms with Gasteiger partial charge < -0.3 is 14.3 Å². The van der Waals surface area contributed by atoms with Crippen molar-refractivity contribution in [2.45, 2.75) is 26.2 Å². The Hall–Kier alpha value is -2.11. The molecule has 0 saturated carbocycles. The van der Waals surface area contributed by atoms with Gasteiger partial charge in [-0.1, -0.05) is 5.16 Å². The van der Waals surface area contributed by atoms with Gasteiger partial charge in [0.25, 0.3) is 0 Å². The van der Waals surface area contributed by atoms with Crippen molar-refractivity contribution < 1.29 is 4.52 Å². The lowest BCUT2D eigenvalue weighted by Crippen LogP contribution is -2.38. The van der Waals surface area contributed by atoms with E-state index in [2.05, 4.69) is 39.8 Å². The number of aryl methyl sites for hydroxylation is 2. The fraction of sp³-hybridized carbons (Fsp3) is 0.533. The fourth-order valence-corrected chi connectivity index (χ4v) is 2.79. The number of hydrazine groups is 1. The van der Waals surface area contributed by atoms with Crippen molar-refractivity contribution in [2.24, 2.45) is 0 Å². The Morgan fingerprint density at radius 2 is 2.14 bits per heavy atom. The van der Waals surface area contributed by atoms with Crippen molar-refractivity contribution >= 4 is 0 Å². The van der Waals surface area contributed by atoms with E-state index in [1.807, 2.05) is 25.0 Å². The molecule has 0 unspecified atom stereocenters. The molecule has 0 radical (unpaired) electrons. The van der Waals surface area contributed by atoms with Gasteiger partial charge in [-0.05, 0) is 19.8 Å². The number of hydrogen-bond acceptors (Lipinski definition) is 6. The van der Waals surface area contributed by atoms with Crippen LogP contribution in [0, 0.1) is 6.92 Å². The smallest absolute Gasteiger partial charge is 0.136 e. The van der Waals surface area contributed by atoms with E-state index in [-0.39, 0.29) is 0 Å². The maximum Gasteiger partial charge on any atom is 0.136 e. The number of unbranched alkanes of at least 4 members (excludes halogenated alkanes) is 1. The molecule has 2 aliphatic heterocycles. The monoisotopic (exact) mass is 289 g/mol. The van der Waals surface area contributed by atoms with Gasteiger partial charge in [0.15, 0.2) is 0 Å². The molecular formula is C15H23N5O. The van der Waals surface area contributed by atoms with Gasteiger partial charge in [-0.2, -0.15) is 0 Å². The van der Waals surface area contributed by atoms with E-state index in [1.165, 1.54) is 11.4 Å². The molecule has 2 aliphatic rings. The van der Waals surface area contributed by atoms with Gasteiger partial charge in [-0.3, -0.25) is 10.4 Å². The Morgan fingerprint density at radius 1 is 1.29 bits per heavy atom. The Balaban J connectivity index is 1.47. The number of likely N-dealkylation sites (N-methyl/N-ethyl adjacent to an activating group) is 1. The summed E-state index contributed by atoms with van der Waals surface area (Å²) in [5.41, 5.74) is 6.72. The van der Waals surface area contributed by atoms with Crippen molar-refractivity contribution in [3.63, 3.8) is 0 Å². The molecule has 0 atom stereocenters. The van der Waals surface area contributed by atoms with Crippen LogP contribution in [-0.4, -0.2) is 47.3 Å². The molecule has 1 aromatic heterocycles. The van der Waals surface area contributed by atoms with Gasteiger partial charge >= 0.3 is 0 Å². The number of rotatable bonds is 5. The molecule has 0 spiro atoms. The highest BCUT2D eigenvalue weighted by molar-refractivity contribution is 5.32. The van der Waals surface area contributed by atoms with Crippen LogP contribution in [0.2, 0.25) is 0 Å². The standard InChI is InChI=1S/C15H23N5O/c1-12-8-13(21-17-12)6-4-5-7-20-9-14-15(18(2)11-20)10-19(3)16-14/h8-10,16H,4-7,11H2,1-3H3. The molecule has 0 fully saturated rings. The average molecular weight is 289 g/mol. The highest BCUT2D eigenvalue weighted by Crippen LogP contribution is 2.23. The van der Waals surface area contributed by atoms with Crippen LogP contribution in [0.3, 0.4) is 0 Å². The lowest BCUT2D eigenvalue weighted by Gasteiger charge is -2.34. The number of nitrogens with zero attached hydrogens (tertiary/aromatic N) is 4. The zero-order valence-corrected chi connectivity index (χ0v) is 13.0. The predicted octanol–water partition coefficient (Wildman–Crippen LogP) is 1.64. The third-order valence-corrected chi connectivity index (χ3v) is 3.80. The Bertz CT molecular complexity index is 562. The zero-order chi connectivity index (χ0) is 14.8. The molecule has 0 amide bonds. The first-order chi connectivity index (χ1) is 10.1. The van der Waals surface area contributed by atoms with E-state index < -0.39 is 0 Å². The summed E-state index contributed by atoms with van der Waals surface area (Å²) in [5.74, 6) is 0.992. The van der Waals surface area contributed by atoms with E-state index in [4.69, 9.17) is 4.52 Å².